The van der Waals surface area contributed by atoms with Crippen molar-refractivity contribution in [2.45, 2.75) is 56.0 Å². The Bertz CT molecular complexity index is 1020. The number of aryl methyl sites for hydroxylation is 1. The lowest BCUT2D eigenvalue weighted by molar-refractivity contribution is -0.125. The lowest BCUT2D eigenvalue weighted by Crippen LogP contribution is -2.56. The average Bonchev–Trinajstić information content (AvgIpc) is 3.45. The van der Waals surface area contributed by atoms with Crippen LogP contribution in [0.4, 0.5) is 4.79 Å². The maximum atomic E-state index is 13.3. The van der Waals surface area contributed by atoms with E-state index in [0.29, 0.717) is 37.1 Å². The molecule has 1 aromatic carbocycles. The van der Waals surface area contributed by atoms with Gasteiger partial charge in [0.15, 0.2) is 0 Å². The van der Waals surface area contributed by atoms with Crippen molar-refractivity contribution >= 4 is 27.9 Å². The summed E-state index contributed by atoms with van der Waals surface area (Å²) in [5.74, 6) is -0.887. The van der Waals surface area contributed by atoms with Crippen LogP contribution >= 0.6 is 0 Å². The number of imide groups is 1. The molecule has 0 unspecified atom stereocenters. The Morgan fingerprint density at radius 3 is 2.60 bits per heavy atom. The van der Waals surface area contributed by atoms with E-state index in [1.807, 2.05) is 0 Å². The molecule has 2 aliphatic heterocycles. The van der Waals surface area contributed by atoms with Crippen LogP contribution in [0.25, 0.3) is 0 Å². The number of hydrogen-bond acceptors (Lipinski definition) is 5. The van der Waals surface area contributed by atoms with Gasteiger partial charge in [-0.2, -0.15) is 0 Å². The second-order valence-electron chi connectivity index (χ2n) is 8.57. The Morgan fingerprint density at radius 1 is 1.23 bits per heavy atom. The number of sulfonamides is 1. The number of amides is 4. The van der Waals surface area contributed by atoms with Crippen molar-refractivity contribution < 1.29 is 22.8 Å². The number of piperidine rings is 1. The third-order valence-corrected chi connectivity index (χ3v) is 7.76. The van der Waals surface area contributed by atoms with E-state index in [-0.39, 0.29) is 28.7 Å². The zero-order chi connectivity index (χ0) is 21.7. The highest BCUT2D eigenvalue weighted by Crippen LogP contribution is 2.31. The standard InChI is InChI=1S/C20H26N4O5S/c1-12-5-8-15(30(28,29)23-14-6-7-14)10-16(12)17(25)24-9-3-4-13(11-24)20(2)18(26)21-19(27)22-20/h5,8,10,13-14,23H,3-4,6-7,9,11H2,1-2H3,(H2,21,22,26,27)/t13-,20+/m1/s1. The van der Waals surface area contributed by atoms with Crippen molar-refractivity contribution in [1.29, 1.82) is 0 Å². The van der Waals surface area contributed by atoms with Crippen LogP contribution < -0.4 is 15.4 Å². The van der Waals surface area contributed by atoms with Crippen molar-refractivity contribution in [1.82, 2.24) is 20.3 Å². The lowest BCUT2D eigenvalue weighted by atomic mass is 9.80. The van der Waals surface area contributed by atoms with E-state index >= 15 is 0 Å². The van der Waals surface area contributed by atoms with Crippen molar-refractivity contribution in [3.8, 4) is 0 Å². The summed E-state index contributed by atoms with van der Waals surface area (Å²) in [6.45, 7) is 4.26. The molecule has 3 aliphatic rings. The molecule has 0 spiro atoms. The number of nitrogens with zero attached hydrogens (tertiary/aromatic N) is 1. The van der Waals surface area contributed by atoms with E-state index in [0.717, 1.165) is 12.8 Å². The van der Waals surface area contributed by atoms with Crippen molar-refractivity contribution in [3.05, 3.63) is 29.3 Å². The molecule has 0 radical (unpaired) electrons. The molecule has 3 N–H and O–H groups in total. The summed E-state index contributed by atoms with van der Waals surface area (Å²) < 4.78 is 27.8. The van der Waals surface area contributed by atoms with Gasteiger partial charge in [-0.15, -0.1) is 0 Å². The van der Waals surface area contributed by atoms with Crippen LogP contribution in [0, 0.1) is 12.8 Å². The summed E-state index contributed by atoms with van der Waals surface area (Å²) in [6, 6.07) is 4.03. The van der Waals surface area contributed by atoms with Gasteiger partial charge >= 0.3 is 6.03 Å². The molecule has 2 heterocycles. The summed E-state index contributed by atoms with van der Waals surface area (Å²) in [5, 5.41) is 4.96. The zero-order valence-corrected chi connectivity index (χ0v) is 17.8. The number of urea groups is 1. The number of carbonyl (C=O) groups is 3. The zero-order valence-electron chi connectivity index (χ0n) is 17.0. The number of likely N-dealkylation sites (tertiary alicyclic amines) is 1. The fourth-order valence-corrected chi connectivity index (χ4v) is 5.47. The molecular weight excluding hydrogens is 408 g/mol. The molecular formula is C20H26N4O5S. The summed E-state index contributed by atoms with van der Waals surface area (Å²) in [7, 11) is -3.67. The van der Waals surface area contributed by atoms with Crippen LogP contribution in [0.2, 0.25) is 0 Å². The highest BCUT2D eigenvalue weighted by molar-refractivity contribution is 7.89. The Morgan fingerprint density at radius 2 is 1.97 bits per heavy atom. The van der Waals surface area contributed by atoms with Crippen LogP contribution in [0.5, 0.6) is 0 Å². The summed E-state index contributed by atoms with van der Waals surface area (Å²) in [5.41, 5.74) is -0.0465. The second-order valence-corrected chi connectivity index (χ2v) is 10.3. The maximum Gasteiger partial charge on any atom is 0.322 e. The van der Waals surface area contributed by atoms with Gasteiger partial charge in [-0.1, -0.05) is 6.07 Å². The number of nitrogens with one attached hydrogen (secondary N) is 3. The van der Waals surface area contributed by atoms with Gasteiger partial charge in [0, 0.05) is 30.6 Å². The first kappa shape index (κ1) is 20.8. The minimum Gasteiger partial charge on any atom is -0.338 e. The number of hydrogen-bond donors (Lipinski definition) is 3. The quantitative estimate of drug-likeness (QED) is 0.594. The van der Waals surface area contributed by atoms with Gasteiger partial charge in [0.25, 0.3) is 11.8 Å². The molecule has 30 heavy (non-hydrogen) atoms. The van der Waals surface area contributed by atoms with E-state index in [9.17, 15) is 22.8 Å². The average molecular weight is 435 g/mol. The van der Waals surface area contributed by atoms with Crippen molar-refractivity contribution in [2.24, 2.45) is 5.92 Å². The largest absolute Gasteiger partial charge is 0.338 e. The van der Waals surface area contributed by atoms with Gasteiger partial charge in [-0.3, -0.25) is 14.9 Å². The van der Waals surface area contributed by atoms with Gasteiger partial charge in [0.1, 0.15) is 5.54 Å². The van der Waals surface area contributed by atoms with E-state index in [2.05, 4.69) is 15.4 Å². The molecule has 10 heteroatoms. The maximum absolute atomic E-state index is 13.3. The fourth-order valence-electron chi connectivity index (χ4n) is 4.13. The highest BCUT2D eigenvalue weighted by atomic mass is 32.2. The van der Waals surface area contributed by atoms with Gasteiger partial charge in [0.05, 0.1) is 4.90 Å². The Kier molecular flexibility index (Phi) is 5.09. The Labute approximate surface area is 175 Å². The predicted octanol–water partition coefficient (Wildman–Crippen LogP) is 0.886. The van der Waals surface area contributed by atoms with E-state index in [1.165, 1.54) is 12.1 Å². The van der Waals surface area contributed by atoms with Crippen LogP contribution in [-0.4, -0.2) is 55.8 Å². The molecule has 1 aliphatic carbocycles. The third-order valence-electron chi connectivity index (χ3n) is 6.25. The molecule has 0 aromatic heterocycles. The van der Waals surface area contributed by atoms with Crippen LogP contribution in [-0.2, 0) is 14.8 Å². The lowest BCUT2D eigenvalue weighted by Gasteiger charge is -2.39. The topological polar surface area (TPSA) is 125 Å². The molecule has 4 rings (SSSR count). The van der Waals surface area contributed by atoms with Crippen LogP contribution in [0.3, 0.4) is 0 Å². The first-order valence-electron chi connectivity index (χ1n) is 10.2. The first-order chi connectivity index (χ1) is 14.1. The third kappa shape index (κ3) is 3.81. The molecule has 4 amide bonds. The molecule has 1 aromatic rings. The molecule has 0 bridgehead atoms. The van der Waals surface area contributed by atoms with Crippen molar-refractivity contribution in [2.75, 3.05) is 13.1 Å². The van der Waals surface area contributed by atoms with Gasteiger partial charge in [-0.05, 0) is 57.2 Å². The summed E-state index contributed by atoms with van der Waals surface area (Å²) in [4.78, 5) is 38.9. The Balaban J connectivity index is 1.56. The molecule has 162 valence electrons. The highest BCUT2D eigenvalue weighted by Gasteiger charge is 2.49. The fraction of sp³-hybridized carbons (Fsp3) is 0.550. The Hall–Kier alpha value is -2.46. The number of benzene rings is 1. The summed E-state index contributed by atoms with van der Waals surface area (Å²) >= 11 is 0. The molecule has 2 atom stereocenters. The number of rotatable bonds is 5. The molecule has 1 saturated carbocycles. The van der Waals surface area contributed by atoms with Gasteiger partial charge in [-0.25, -0.2) is 17.9 Å². The molecule has 2 saturated heterocycles. The van der Waals surface area contributed by atoms with Gasteiger partial charge < -0.3 is 10.2 Å². The minimum atomic E-state index is -3.67. The second kappa shape index (κ2) is 7.35. The van der Waals surface area contributed by atoms with Crippen molar-refractivity contribution in [3.63, 3.8) is 0 Å². The monoisotopic (exact) mass is 434 g/mol. The summed E-state index contributed by atoms with van der Waals surface area (Å²) in [6.07, 6.45) is 3.05. The first-order valence-corrected chi connectivity index (χ1v) is 11.6. The minimum absolute atomic E-state index is 0.0215. The predicted molar refractivity (Wildman–Crippen MR) is 108 cm³/mol. The van der Waals surface area contributed by atoms with Crippen LogP contribution in [0.1, 0.15) is 48.5 Å². The SMILES string of the molecule is Cc1ccc(S(=O)(=O)NC2CC2)cc1C(=O)N1CCC[C@@H]([C@]2(C)NC(=O)NC2=O)C1. The molecule has 9 nitrogen and oxygen atoms in total. The molecule has 3 fully saturated rings. The van der Waals surface area contributed by atoms with E-state index < -0.39 is 21.6 Å². The van der Waals surface area contributed by atoms with Crippen LogP contribution in [0.15, 0.2) is 23.1 Å². The smallest absolute Gasteiger partial charge is 0.322 e. The number of carbonyl (C=O) groups excluding carboxylic acids is 3. The van der Waals surface area contributed by atoms with E-state index in [1.54, 1.807) is 24.8 Å². The van der Waals surface area contributed by atoms with Gasteiger partial charge in [0.2, 0.25) is 10.0 Å². The van der Waals surface area contributed by atoms with E-state index in [4.69, 9.17) is 0 Å². The normalized spacial score (nSPS) is 27.0.